The number of rotatable bonds is 4. The Hall–Kier alpha value is -2.17. The molecule has 2 N–H and O–H groups in total. The van der Waals surface area contributed by atoms with Gasteiger partial charge in [0.05, 0.1) is 0 Å². The van der Waals surface area contributed by atoms with Gasteiger partial charge in [0.15, 0.2) is 6.29 Å². The summed E-state index contributed by atoms with van der Waals surface area (Å²) in [6.45, 7) is 2.15. The Morgan fingerprint density at radius 3 is 2.83 bits per heavy atom. The Morgan fingerprint density at radius 2 is 2.22 bits per heavy atom. The maximum atomic E-state index is 13.2. The average Bonchev–Trinajstić information content (AvgIpc) is 2.57. The topological polar surface area (TPSA) is 65.1 Å². The summed E-state index contributed by atoms with van der Waals surface area (Å²) in [5.41, 5.74) is 7.02. The summed E-state index contributed by atoms with van der Waals surface area (Å²) in [6.07, 6.45) is 0.887. The van der Waals surface area contributed by atoms with Crippen LogP contribution in [-0.4, -0.2) is 16.8 Å². The lowest BCUT2D eigenvalue weighted by Gasteiger charge is -2.06. The summed E-state index contributed by atoms with van der Waals surface area (Å²) in [7, 11) is 0. The Bertz CT molecular complexity index is 631. The zero-order valence-electron chi connectivity index (χ0n) is 9.94. The van der Waals surface area contributed by atoms with Crippen molar-refractivity contribution >= 4 is 23.1 Å². The van der Waals surface area contributed by atoms with E-state index in [0.717, 1.165) is 5.52 Å². The number of carbonyl (C=O) groups is 2. The first-order valence-electron chi connectivity index (χ1n) is 5.56. The van der Waals surface area contributed by atoms with Crippen LogP contribution in [0.2, 0.25) is 0 Å². The molecular formula is C13H13FN2O2. The van der Waals surface area contributed by atoms with Crippen molar-refractivity contribution in [2.75, 3.05) is 0 Å². The van der Waals surface area contributed by atoms with Crippen LogP contribution < -0.4 is 5.73 Å². The number of aryl methyl sites for hydroxylation is 1. The monoisotopic (exact) mass is 248 g/mol. The number of primary amides is 1. The standard InChI is InChI=1S/C13H13FN2O2/c1-8-11(7-17)10-6-9(14)2-3-12(10)16(8)5-4-13(15)18/h2-3,6-7H,4-5H2,1H3,(H2,15,18). The molecule has 1 aromatic carbocycles. The van der Waals surface area contributed by atoms with E-state index in [9.17, 15) is 14.0 Å². The molecule has 1 heterocycles. The van der Waals surface area contributed by atoms with Gasteiger partial charge in [0, 0.05) is 35.1 Å². The molecule has 2 aromatic rings. The van der Waals surface area contributed by atoms with Crippen molar-refractivity contribution in [2.24, 2.45) is 5.73 Å². The number of aromatic nitrogens is 1. The van der Waals surface area contributed by atoms with Crippen molar-refractivity contribution in [1.82, 2.24) is 4.57 Å². The molecule has 0 atom stereocenters. The van der Waals surface area contributed by atoms with Crippen LogP contribution in [0.1, 0.15) is 22.5 Å². The van der Waals surface area contributed by atoms with E-state index in [1.54, 1.807) is 13.0 Å². The first kappa shape index (κ1) is 12.3. The van der Waals surface area contributed by atoms with Gasteiger partial charge in [-0.2, -0.15) is 0 Å². The molecular weight excluding hydrogens is 235 g/mol. The number of carbonyl (C=O) groups excluding carboxylic acids is 2. The average molecular weight is 248 g/mol. The van der Waals surface area contributed by atoms with Gasteiger partial charge in [-0.3, -0.25) is 9.59 Å². The van der Waals surface area contributed by atoms with Crippen LogP contribution in [0, 0.1) is 12.7 Å². The van der Waals surface area contributed by atoms with Gasteiger partial charge in [-0.25, -0.2) is 4.39 Å². The van der Waals surface area contributed by atoms with Crippen molar-refractivity contribution in [3.63, 3.8) is 0 Å². The van der Waals surface area contributed by atoms with Crippen molar-refractivity contribution in [3.8, 4) is 0 Å². The lowest BCUT2D eigenvalue weighted by atomic mass is 10.1. The van der Waals surface area contributed by atoms with Crippen LogP contribution in [0.15, 0.2) is 18.2 Å². The second-order valence-corrected chi connectivity index (χ2v) is 4.15. The number of hydrogen-bond acceptors (Lipinski definition) is 2. The Kier molecular flexibility index (Phi) is 3.14. The Balaban J connectivity index is 2.61. The van der Waals surface area contributed by atoms with E-state index in [-0.39, 0.29) is 6.42 Å². The second-order valence-electron chi connectivity index (χ2n) is 4.15. The molecule has 2 rings (SSSR count). The molecule has 0 saturated heterocycles. The molecule has 0 aliphatic heterocycles. The molecule has 1 aromatic heterocycles. The Morgan fingerprint density at radius 1 is 1.50 bits per heavy atom. The number of fused-ring (bicyclic) bond motifs is 1. The summed E-state index contributed by atoms with van der Waals surface area (Å²) in [6, 6.07) is 4.26. The molecule has 5 heteroatoms. The fraction of sp³-hybridized carbons (Fsp3) is 0.231. The normalized spacial score (nSPS) is 10.8. The number of halogens is 1. The van der Waals surface area contributed by atoms with Crippen molar-refractivity contribution in [2.45, 2.75) is 19.9 Å². The zero-order chi connectivity index (χ0) is 13.3. The van der Waals surface area contributed by atoms with Crippen molar-refractivity contribution in [1.29, 1.82) is 0 Å². The third kappa shape index (κ3) is 1.99. The first-order chi connectivity index (χ1) is 8.54. The third-order valence-electron chi connectivity index (χ3n) is 3.03. The highest BCUT2D eigenvalue weighted by molar-refractivity contribution is 5.99. The van der Waals surface area contributed by atoms with Gasteiger partial charge in [0.25, 0.3) is 0 Å². The van der Waals surface area contributed by atoms with Crippen LogP contribution in [0.5, 0.6) is 0 Å². The zero-order valence-corrected chi connectivity index (χ0v) is 9.94. The van der Waals surface area contributed by atoms with Crippen LogP contribution in [-0.2, 0) is 11.3 Å². The SMILES string of the molecule is Cc1c(C=O)c2cc(F)ccc2n1CCC(N)=O. The highest BCUT2D eigenvalue weighted by atomic mass is 19.1. The first-order valence-corrected chi connectivity index (χ1v) is 5.56. The van der Waals surface area contributed by atoms with E-state index in [1.165, 1.54) is 12.1 Å². The molecule has 0 fully saturated rings. The van der Waals surface area contributed by atoms with Crippen LogP contribution in [0.25, 0.3) is 10.9 Å². The highest BCUT2D eigenvalue weighted by Gasteiger charge is 2.14. The molecule has 0 radical (unpaired) electrons. The van der Waals surface area contributed by atoms with E-state index < -0.39 is 11.7 Å². The van der Waals surface area contributed by atoms with Crippen molar-refractivity contribution in [3.05, 3.63) is 35.3 Å². The molecule has 0 saturated carbocycles. The fourth-order valence-corrected chi connectivity index (χ4v) is 2.14. The van der Waals surface area contributed by atoms with Crippen molar-refractivity contribution < 1.29 is 14.0 Å². The van der Waals surface area contributed by atoms with E-state index in [0.29, 0.717) is 29.5 Å². The third-order valence-corrected chi connectivity index (χ3v) is 3.03. The maximum absolute atomic E-state index is 13.2. The van der Waals surface area contributed by atoms with Gasteiger partial charge < -0.3 is 10.3 Å². The molecule has 0 spiro atoms. The lowest BCUT2D eigenvalue weighted by molar-refractivity contribution is -0.118. The Labute approximate surface area is 103 Å². The largest absolute Gasteiger partial charge is 0.370 e. The lowest BCUT2D eigenvalue weighted by Crippen LogP contribution is -2.14. The van der Waals surface area contributed by atoms with Gasteiger partial charge in [-0.15, -0.1) is 0 Å². The highest BCUT2D eigenvalue weighted by Crippen LogP contribution is 2.25. The van der Waals surface area contributed by atoms with Gasteiger partial charge in [0.1, 0.15) is 5.82 Å². The minimum atomic E-state index is -0.411. The van der Waals surface area contributed by atoms with Crippen LogP contribution in [0.3, 0.4) is 0 Å². The summed E-state index contributed by atoms with van der Waals surface area (Å²) in [4.78, 5) is 21.9. The van der Waals surface area contributed by atoms with E-state index in [1.807, 2.05) is 4.57 Å². The number of nitrogens with zero attached hydrogens (tertiary/aromatic N) is 1. The molecule has 4 nitrogen and oxygen atoms in total. The van der Waals surface area contributed by atoms with Gasteiger partial charge in [0.2, 0.25) is 5.91 Å². The number of benzene rings is 1. The van der Waals surface area contributed by atoms with Gasteiger partial charge in [-0.1, -0.05) is 0 Å². The second kappa shape index (κ2) is 4.60. The molecule has 1 amide bonds. The number of aldehydes is 1. The maximum Gasteiger partial charge on any atom is 0.219 e. The molecule has 94 valence electrons. The van der Waals surface area contributed by atoms with E-state index in [4.69, 9.17) is 5.73 Å². The quantitative estimate of drug-likeness (QED) is 0.838. The summed E-state index contributed by atoms with van der Waals surface area (Å²) in [5, 5.41) is 0.562. The smallest absolute Gasteiger partial charge is 0.219 e. The number of nitrogens with two attached hydrogens (primary N) is 1. The predicted octanol–water partition coefficient (Wildman–Crippen LogP) is 1.78. The molecule has 0 aliphatic carbocycles. The van der Waals surface area contributed by atoms with Crippen LogP contribution >= 0.6 is 0 Å². The minimum Gasteiger partial charge on any atom is -0.370 e. The summed E-state index contributed by atoms with van der Waals surface area (Å²) < 4.78 is 15.0. The summed E-state index contributed by atoms with van der Waals surface area (Å²) >= 11 is 0. The molecule has 0 unspecified atom stereocenters. The number of amides is 1. The fourth-order valence-electron chi connectivity index (χ4n) is 2.14. The van der Waals surface area contributed by atoms with Gasteiger partial charge in [-0.05, 0) is 25.1 Å². The van der Waals surface area contributed by atoms with E-state index in [2.05, 4.69) is 0 Å². The molecule has 0 bridgehead atoms. The predicted molar refractivity (Wildman–Crippen MR) is 65.8 cm³/mol. The van der Waals surface area contributed by atoms with E-state index >= 15 is 0 Å². The summed E-state index contributed by atoms with van der Waals surface area (Å²) in [5.74, 6) is -0.802. The van der Waals surface area contributed by atoms with Gasteiger partial charge >= 0.3 is 0 Å². The molecule has 0 aliphatic rings. The molecule has 18 heavy (non-hydrogen) atoms. The van der Waals surface area contributed by atoms with Crippen LogP contribution in [0.4, 0.5) is 4.39 Å². The minimum absolute atomic E-state index is 0.181. The number of hydrogen-bond donors (Lipinski definition) is 1.